The largest absolute Gasteiger partial charge is 0.382 e. The Hall–Kier alpha value is -1.21. The number of nitrogens with two attached hydrogens (primary N) is 1. The summed E-state index contributed by atoms with van der Waals surface area (Å²) in [5.74, 6) is 0.934. The van der Waals surface area contributed by atoms with Crippen LogP contribution in [-0.2, 0) is 10.7 Å². The molecular formula is C10H16N4O2S. The lowest BCUT2D eigenvalue weighted by molar-refractivity contribution is 0.241. The number of anilines is 1. The normalized spacial score (nSPS) is 18.6. The Kier molecular flexibility index (Phi) is 3.90. The van der Waals surface area contributed by atoms with E-state index < -0.39 is 10.7 Å². The van der Waals surface area contributed by atoms with Crippen LogP contribution in [0.3, 0.4) is 0 Å². The van der Waals surface area contributed by atoms with Crippen LogP contribution in [0.25, 0.3) is 0 Å². The highest BCUT2D eigenvalue weighted by atomic mass is 32.2. The van der Waals surface area contributed by atoms with Crippen molar-refractivity contribution in [2.24, 2.45) is 0 Å². The summed E-state index contributed by atoms with van der Waals surface area (Å²) in [4.78, 5) is 10.2. The molecule has 0 bridgehead atoms. The molecule has 0 amide bonds. The fourth-order valence-corrected chi connectivity index (χ4v) is 2.79. The third kappa shape index (κ3) is 3.13. The van der Waals surface area contributed by atoms with Gasteiger partial charge in [0.1, 0.15) is 5.82 Å². The fraction of sp³-hybridized carbons (Fsp3) is 0.600. The minimum absolute atomic E-state index is 0.151. The zero-order chi connectivity index (χ0) is 12.3. The van der Waals surface area contributed by atoms with Crippen LogP contribution >= 0.6 is 0 Å². The van der Waals surface area contributed by atoms with Gasteiger partial charge in [-0.25, -0.2) is 13.4 Å². The number of rotatable bonds is 3. The molecule has 1 aromatic rings. The van der Waals surface area contributed by atoms with Crippen LogP contribution in [0.2, 0.25) is 0 Å². The van der Waals surface area contributed by atoms with E-state index in [4.69, 9.17) is 5.73 Å². The second-order valence-corrected chi connectivity index (χ2v) is 5.14. The highest BCUT2D eigenvalue weighted by Gasteiger charge is 2.23. The molecule has 17 heavy (non-hydrogen) atoms. The molecule has 0 spiro atoms. The van der Waals surface area contributed by atoms with E-state index in [2.05, 4.69) is 9.97 Å². The zero-order valence-electron chi connectivity index (χ0n) is 9.45. The molecule has 0 aromatic carbocycles. The first-order valence-electron chi connectivity index (χ1n) is 5.57. The molecule has 1 aromatic heterocycles. The highest BCUT2D eigenvalue weighted by Crippen LogP contribution is 2.28. The molecule has 0 aliphatic carbocycles. The van der Waals surface area contributed by atoms with Crippen LogP contribution in [0.4, 0.5) is 5.82 Å². The van der Waals surface area contributed by atoms with Crippen molar-refractivity contribution in [3.8, 4) is 0 Å². The molecule has 0 saturated carbocycles. The van der Waals surface area contributed by atoms with Crippen LogP contribution in [0.1, 0.15) is 24.5 Å². The molecule has 94 valence electrons. The summed E-state index contributed by atoms with van der Waals surface area (Å²) in [5, 5.41) is 0. The molecule has 1 saturated heterocycles. The maximum absolute atomic E-state index is 10.6. The van der Waals surface area contributed by atoms with E-state index in [-0.39, 0.29) is 5.88 Å². The number of likely N-dealkylation sites (tertiary alicyclic amines) is 1. The lowest BCUT2D eigenvalue weighted by atomic mass is 9.93. The van der Waals surface area contributed by atoms with Gasteiger partial charge in [-0.15, -0.1) is 0 Å². The average molecular weight is 256 g/mol. The van der Waals surface area contributed by atoms with Crippen molar-refractivity contribution in [1.29, 1.82) is 0 Å². The Morgan fingerprint density at radius 3 is 2.53 bits per heavy atom. The smallest absolute Gasteiger partial charge is 0.153 e. The van der Waals surface area contributed by atoms with Crippen LogP contribution in [0.15, 0.2) is 12.4 Å². The van der Waals surface area contributed by atoms with Crippen LogP contribution < -0.4 is 5.73 Å². The molecule has 1 fully saturated rings. The van der Waals surface area contributed by atoms with E-state index >= 15 is 0 Å². The van der Waals surface area contributed by atoms with Crippen molar-refractivity contribution in [1.82, 2.24) is 14.9 Å². The quantitative estimate of drug-likeness (QED) is 0.728. The molecule has 6 nitrogen and oxygen atoms in total. The van der Waals surface area contributed by atoms with Crippen molar-refractivity contribution >= 4 is 16.5 Å². The summed E-state index contributed by atoms with van der Waals surface area (Å²) in [7, 11) is -2.32. The number of thiol groups is 1. The van der Waals surface area contributed by atoms with Crippen molar-refractivity contribution in [3.63, 3.8) is 0 Å². The van der Waals surface area contributed by atoms with E-state index in [1.54, 1.807) is 12.4 Å². The third-order valence-electron chi connectivity index (χ3n) is 3.05. The lowest BCUT2D eigenvalue weighted by Gasteiger charge is -2.30. The molecule has 7 heteroatoms. The number of nitrogen functional groups attached to an aromatic ring is 1. The van der Waals surface area contributed by atoms with Gasteiger partial charge < -0.3 is 5.73 Å². The van der Waals surface area contributed by atoms with Gasteiger partial charge in [0.25, 0.3) is 0 Å². The van der Waals surface area contributed by atoms with Crippen molar-refractivity contribution in [2.45, 2.75) is 18.8 Å². The summed E-state index contributed by atoms with van der Waals surface area (Å²) >= 11 is 0. The SMILES string of the molecule is Nc1nccnc1C1CCN(C[SH](=O)=O)CC1. The summed E-state index contributed by atoms with van der Waals surface area (Å²) in [6.07, 6.45) is 4.99. The molecule has 0 atom stereocenters. The predicted octanol–water partition coefficient (Wildman–Crippen LogP) is -0.193. The van der Waals surface area contributed by atoms with Gasteiger partial charge >= 0.3 is 0 Å². The van der Waals surface area contributed by atoms with Crippen molar-refractivity contribution in [3.05, 3.63) is 18.1 Å². The van der Waals surface area contributed by atoms with E-state index in [0.717, 1.165) is 31.6 Å². The van der Waals surface area contributed by atoms with Gasteiger partial charge in [-0.05, 0) is 25.9 Å². The van der Waals surface area contributed by atoms with E-state index in [0.29, 0.717) is 11.7 Å². The monoisotopic (exact) mass is 256 g/mol. The Labute approximate surface area is 102 Å². The summed E-state index contributed by atoms with van der Waals surface area (Å²) < 4.78 is 21.3. The number of piperidine rings is 1. The Balaban J connectivity index is 1.97. The van der Waals surface area contributed by atoms with E-state index in [9.17, 15) is 8.42 Å². The second kappa shape index (κ2) is 5.42. The van der Waals surface area contributed by atoms with Gasteiger partial charge in [0.2, 0.25) is 0 Å². The highest BCUT2D eigenvalue weighted by molar-refractivity contribution is 7.72. The Bertz CT molecular complexity index is 447. The minimum atomic E-state index is -2.32. The molecule has 2 rings (SSSR count). The maximum atomic E-state index is 10.6. The second-order valence-electron chi connectivity index (χ2n) is 4.19. The molecule has 0 radical (unpaired) electrons. The molecular weight excluding hydrogens is 240 g/mol. The minimum Gasteiger partial charge on any atom is -0.382 e. The van der Waals surface area contributed by atoms with E-state index in [1.165, 1.54) is 0 Å². The van der Waals surface area contributed by atoms with Crippen LogP contribution in [0, 0.1) is 0 Å². The van der Waals surface area contributed by atoms with Gasteiger partial charge in [0.15, 0.2) is 10.7 Å². The molecule has 1 aliphatic rings. The number of hydrogen-bond acceptors (Lipinski definition) is 6. The van der Waals surface area contributed by atoms with Gasteiger partial charge in [0.05, 0.1) is 11.6 Å². The van der Waals surface area contributed by atoms with Gasteiger partial charge in [0, 0.05) is 18.3 Å². The summed E-state index contributed by atoms with van der Waals surface area (Å²) in [6.45, 7) is 1.54. The molecule has 1 aliphatic heterocycles. The maximum Gasteiger partial charge on any atom is 0.153 e. The molecule has 0 unspecified atom stereocenters. The van der Waals surface area contributed by atoms with Crippen molar-refractivity contribution in [2.75, 3.05) is 24.7 Å². The summed E-state index contributed by atoms with van der Waals surface area (Å²) in [6, 6.07) is 0. The first-order chi connectivity index (χ1) is 8.16. The van der Waals surface area contributed by atoms with Gasteiger partial charge in [-0.1, -0.05) is 0 Å². The van der Waals surface area contributed by atoms with Crippen LogP contribution in [0.5, 0.6) is 0 Å². The average Bonchev–Trinajstić information content (AvgIpc) is 2.30. The lowest BCUT2D eigenvalue weighted by Crippen LogP contribution is -2.34. The van der Waals surface area contributed by atoms with E-state index in [1.807, 2.05) is 4.90 Å². The topological polar surface area (TPSA) is 89.2 Å². The Morgan fingerprint density at radius 1 is 1.29 bits per heavy atom. The third-order valence-corrected chi connectivity index (χ3v) is 3.68. The van der Waals surface area contributed by atoms with Crippen LogP contribution in [-0.4, -0.2) is 42.3 Å². The fourth-order valence-electron chi connectivity index (χ4n) is 2.19. The van der Waals surface area contributed by atoms with Crippen molar-refractivity contribution < 1.29 is 8.42 Å². The predicted molar refractivity (Wildman–Crippen MR) is 65.2 cm³/mol. The first kappa shape index (κ1) is 12.3. The standard InChI is InChI=1S/C10H16N4O2S/c11-10-9(12-3-4-13-10)8-1-5-14(6-2-8)7-17(15)16/h3-4,8,17H,1-2,5-7H2,(H2,11,13). The number of aromatic nitrogens is 2. The van der Waals surface area contributed by atoms with Gasteiger partial charge in [-0.2, -0.15) is 0 Å². The Morgan fingerprint density at radius 2 is 1.94 bits per heavy atom. The van der Waals surface area contributed by atoms with Gasteiger partial charge in [-0.3, -0.25) is 9.88 Å². The molecule has 2 N–H and O–H groups in total. The summed E-state index contributed by atoms with van der Waals surface area (Å²) in [5.41, 5.74) is 6.63. The first-order valence-corrected chi connectivity index (χ1v) is 6.93. The molecule has 2 heterocycles. The number of hydrogen-bond donors (Lipinski definition) is 2. The number of nitrogens with zero attached hydrogens (tertiary/aromatic N) is 3. The zero-order valence-corrected chi connectivity index (χ0v) is 10.3.